The number of fused-ring (bicyclic) bond motifs is 7. The summed E-state index contributed by atoms with van der Waals surface area (Å²) in [4.78, 5) is 61.8. The molecule has 4 amide bonds. The lowest BCUT2D eigenvalue weighted by atomic mass is 9.93. The second-order valence-electron chi connectivity index (χ2n) is 27.9. The number of allylic oxidation sites excluding steroid dienone is 2. The number of thiophene rings is 4. The van der Waals surface area contributed by atoms with Gasteiger partial charge in [-0.05, 0) is 129 Å². The molecule has 0 saturated carbocycles. The number of hydrogen-bond acceptors (Lipinski definition) is 14. The third-order valence-corrected chi connectivity index (χ3v) is 31.3. The fraction of sp³-hybridized carbons (Fsp3) is 0.477. The van der Waals surface area contributed by atoms with Crippen molar-refractivity contribution in [2.45, 2.75) is 165 Å². The van der Waals surface area contributed by atoms with E-state index in [-0.39, 0.29) is 23.6 Å². The summed E-state index contributed by atoms with van der Waals surface area (Å²) >= 11 is 13.1. The molecule has 2 aromatic carbocycles. The lowest BCUT2D eigenvalue weighted by Gasteiger charge is -2.18. The van der Waals surface area contributed by atoms with Gasteiger partial charge in [-0.1, -0.05) is 149 Å². The molecule has 10 nitrogen and oxygen atoms in total. The van der Waals surface area contributed by atoms with Crippen LogP contribution in [-0.2, 0) is 12.8 Å². The Labute approximate surface area is 538 Å². The first-order valence-electron chi connectivity index (χ1n) is 30.2. The first-order valence-corrected chi connectivity index (χ1v) is 46.3. The Kier molecular flexibility index (Phi) is 19.2. The Morgan fingerprint density at radius 3 is 1.31 bits per heavy atom. The van der Waals surface area contributed by atoms with Crippen molar-refractivity contribution >= 4 is 181 Å². The van der Waals surface area contributed by atoms with Crippen LogP contribution in [0.15, 0.2) is 50.6 Å². The van der Waals surface area contributed by atoms with Gasteiger partial charge in [-0.25, -0.2) is 0 Å². The summed E-state index contributed by atoms with van der Waals surface area (Å²) in [5, 5.41) is 3.13. The SMILES string of the molecule is CC(C)CCCC(C)CCN1C(=O)c2c(c(-c3cc4c(s3)C=C([Si](C)(C)C)C4)c3nsnc3c2-c2cc3c(s2)C=C([Si](C)(C)C)C3)C1=O.CC(C)CCCC(C)CCN1C(=O)c2cc3nsnc3cc2C1=O.C[Si](C)(C)c1cc2sc(Br)cc2s1. The number of nitrogens with zero attached hydrogens (tertiary/aromatic N) is 6. The first kappa shape index (κ1) is 64.0. The molecule has 20 heteroatoms. The minimum Gasteiger partial charge on any atom is -0.274 e. The number of rotatable bonds is 19. The monoisotopic (exact) mass is 1360 g/mol. The molecular formula is C65H81BrN6O4S6Si3. The van der Waals surface area contributed by atoms with E-state index in [4.69, 9.17) is 8.75 Å². The largest absolute Gasteiger partial charge is 0.274 e. The van der Waals surface area contributed by atoms with Gasteiger partial charge in [0, 0.05) is 53.1 Å². The van der Waals surface area contributed by atoms with E-state index in [1.807, 2.05) is 22.7 Å². The maximum absolute atomic E-state index is 14.6. The van der Waals surface area contributed by atoms with Crippen molar-refractivity contribution in [3.63, 3.8) is 0 Å². The highest BCUT2D eigenvalue weighted by atomic mass is 79.9. The van der Waals surface area contributed by atoms with Crippen LogP contribution in [0.1, 0.15) is 155 Å². The van der Waals surface area contributed by atoms with E-state index in [1.54, 1.807) is 49.7 Å². The fourth-order valence-corrected chi connectivity index (χ4v) is 22.9. The van der Waals surface area contributed by atoms with E-state index in [9.17, 15) is 19.2 Å². The van der Waals surface area contributed by atoms with Crippen molar-refractivity contribution in [1.82, 2.24) is 27.3 Å². The number of aromatic nitrogens is 4. The molecule has 0 saturated heterocycles. The van der Waals surface area contributed by atoms with Crippen molar-refractivity contribution in [1.29, 1.82) is 0 Å². The molecule has 0 bridgehead atoms. The normalized spacial score (nSPS) is 15.7. The molecule has 2 aliphatic heterocycles. The highest BCUT2D eigenvalue weighted by Crippen LogP contribution is 2.51. The summed E-state index contributed by atoms with van der Waals surface area (Å²) in [7, 11) is -3.92. The zero-order valence-corrected chi connectivity index (χ0v) is 61.5. The van der Waals surface area contributed by atoms with Gasteiger partial charge in [0.15, 0.2) is 0 Å². The standard InChI is InChI=1S/C38H47N3O2S3Si2.C18H23N3O2S.C9H11BrS2Si/c1-21(2)11-10-12-22(3)13-14-41-37(42)33-31(29-17-23-15-25(47(4,5)6)19-27(23)44-29)35-36(40-46-39-35)32(34(33)38(41)43)30-18-24-16-26(48(7,8)9)20-28(24)45-30;1-11(2)5-4-6-12(3)7-8-21-17(22)13-9-15-16(20-24-19-15)10-14(13)18(21)23;1-13(2,3)9-5-7-6(12-9)4-8(10)11-7/h17-22H,10-16H2,1-9H3;9-12H,4-8H2,1-3H3;4-5H,1-3H3. The number of imide groups is 2. The Bertz CT molecular complexity index is 3740. The third-order valence-electron chi connectivity index (χ3n) is 17.0. The molecule has 0 spiro atoms. The number of carbonyl (C=O) groups is 4. The van der Waals surface area contributed by atoms with Crippen molar-refractivity contribution in [2.24, 2.45) is 23.7 Å². The molecule has 6 aromatic heterocycles. The van der Waals surface area contributed by atoms with Crippen LogP contribution in [0.3, 0.4) is 0 Å². The molecule has 8 heterocycles. The third kappa shape index (κ3) is 13.8. The van der Waals surface area contributed by atoms with Gasteiger partial charge in [0.05, 0.1) is 73.7 Å². The van der Waals surface area contributed by atoms with Gasteiger partial charge in [-0.3, -0.25) is 29.0 Å². The van der Waals surface area contributed by atoms with E-state index in [0.29, 0.717) is 64.1 Å². The van der Waals surface area contributed by atoms with Gasteiger partial charge < -0.3 is 0 Å². The quantitative estimate of drug-likeness (QED) is 0.0579. The molecule has 450 valence electrons. The number of halogens is 1. The molecule has 2 unspecified atom stereocenters. The van der Waals surface area contributed by atoms with Crippen molar-refractivity contribution < 1.29 is 19.2 Å². The fourth-order valence-electron chi connectivity index (χ4n) is 11.6. The van der Waals surface area contributed by atoms with Gasteiger partial charge in [-0.2, -0.15) is 17.5 Å². The minimum atomic E-state index is -1.41. The topological polar surface area (TPSA) is 126 Å². The minimum absolute atomic E-state index is 0.174. The molecule has 12 rings (SSSR count). The molecule has 0 N–H and O–H groups in total. The average Bonchev–Trinajstić information content (AvgIpc) is 1.61. The lowest BCUT2D eigenvalue weighted by Crippen LogP contribution is -2.34. The summed E-state index contributed by atoms with van der Waals surface area (Å²) in [5.41, 5.74) is 9.11. The van der Waals surface area contributed by atoms with Gasteiger partial charge in [0.25, 0.3) is 23.6 Å². The zero-order valence-electron chi connectivity index (χ0n) is 52.1. The number of benzene rings is 2. The van der Waals surface area contributed by atoms with Gasteiger partial charge in [0.1, 0.15) is 22.1 Å². The smallest absolute Gasteiger partial charge is 0.262 e. The number of hydrogen-bond donors (Lipinski definition) is 0. The molecule has 4 aliphatic rings. The average molecular weight is 1370 g/mol. The van der Waals surface area contributed by atoms with E-state index in [2.05, 4.69) is 162 Å². The Hall–Kier alpha value is -3.97. The van der Waals surface area contributed by atoms with Crippen LogP contribution in [0.25, 0.3) is 64.5 Å². The molecule has 85 heavy (non-hydrogen) atoms. The van der Waals surface area contributed by atoms with Crippen LogP contribution >= 0.6 is 84.7 Å². The van der Waals surface area contributed by atoms with Crippen LogP contribution in [0.2, 0.25) is 58.9 Å². The van der Waals surface area contributed by atoms with Gasteiger partial charge in [-0.15, -0.1) is 45.3 Å². The van der Waals surface area contributed by atoms with Crippen LogP contribution in [0.4, 0.5) is 0 Å². The number of carbonyl (C=O) groups excluding carboxylic acids is 4. The second kappa shape index (κ2) is 25.5. The van der Waals surface area contributed by atoms with Crippen molar-refractivity contribution in [2.75, 3.05) is 13.1 Å². The maximum Gasteiger partial charge on any atom is 0.262 e. The van der Waals surface area contributed by atoms with Crippen LogP contribution in [-0.4, -0.2) is 88.2 Å². The van der Waals surface area contributed by atoms with Crippen LogP contribution in [0, 0.1) is 23.7 Å². The van der Waals surface area contributed by atoms with E-state index < -0.39 is 24.2 Å². The highest BCUT2D eigenvalue weighted by Gasteiger charge is 2.44. The van der Waals surface area contributed by atoms with Crippen LogP contribution in [0.5, 0.6) is 0 Å². The van der Waals surface area contributed by atoms with Crippen molar-refractivity contribution in [3.05, 3.63) is 93.7 Å². The Morgan fingerprint density at radius 1 is 0.482 bits per heavy atom. The Morgan fingerprint density at radius 2 is 0.906 bits per heavy atom. The summed E-state index contributed by atoms with van der Waals surface area (Å²) in [5.74, 6) is 1.63. The first-order chi connectivity index (χ1) is 40.0. The van der Waals surface area contributed by atoms with Gasteiger partial charge in [0.2, 0.25) is 0 Å². The predicted molar refractivity (Wildman–Crippen MR) is 378 cm³/mol. The molecule has 0 radical (unpaired) electrons. The van der Waals surface area contributed by atoms with E-state index in [1.165, 1.54) is 81.3 Å². The van der Waals surface area contributed by atoms with Crippen LogP contribution < -0.4 is 4.50 Å². The number of amides is 4. The molecule has 0 fully saturated rings. The summed E-state index contributed by atoms with van der Waals surface area (Å²) in [6.07, 6.45) is 15.5. The van der Waals surface area contributed by atoms with Crippen molar-refractivity contribution in [3.8, 4) is 20.9 Å². The zero-order chi connectivity index (χ0) is 61.2. The second-order valence-corrected chi connectivity index (χ2v) is 50.4. The molecular weight excluding hydrogens is 1290 g/mol. The lowest BCUT2D eigenvalue weighted by molar-refractivity contribution is 0.0630. The molecule has 2 atom stereocenters. The summed E-state index contributed by atoms with van der Waals surface area (Å²) in [6, 6.07) is 12.5. The summed E-state index contributed by atoms with van der Waals surface area (Å²) < 4.78 is 23.7. The van der Waals surface area contributed by atoms with Gasteiger partial charge >= 0.3 is 0 Å². The predicted octanol–water partition coefficient (Wildman–Crippen LogP) is 19.6. The maximum atomic E-state index is 14.6. The van der Waals surface area contributed by atoms with E-state index in [0.717, 1.165) is 88.1 Å². The molecule has 2 aliphatic carbocycles. The highest BCUT2D eigenvalue weighted by molar-refractivity contribution is 9.11. The van der Waals surface area contributed by atoms with E-state index >= 15 is 0 Å². The Balaban J connectivity index is 0.000000178. The summed E-state index contributed by atoms with van der Waals surface area (Å²) in [6.45, 7) is 36.0. The molecule has 8 aromatic rings.